The standard InChI is InChI=1S/C27H26FN3O4S/c1-3-4-10-24-30-26(32)25(27(33)31(24)18(2)19-8-6-5-7-9-19)36(34,35)23-13-11-20(12-14-23)21-15-22(28)17-29-16-21/h5-9,11-18,32H,3-4,10H2,1-2H3. The van der Waals surface area contributed by atoms with Crippen molar-refractivity contribution in [1.29, 1.82) is 0 Å². The average Bonchev–Trinajstić information content (AvgIpc) is 2.87. The van der Waals surface area contributed by atoms with Crippen molar-refractivity contribution in [1.82, 2.24) is 14.5 Å². The van der Waals surface area contributed by atoms with Gasteiger partial charge in [-0.15, -0.1) is 0 Å². The van der Waals surface area contributed by atoms with Gasteiger partial charge in [-0.25, -0.2) is 12.8 Å². The molecule has 7 nitrogen and oxygen atoms in total. The number of benzene rings is 2. The number of aromatic nitrogens is 3. The van der Waals surface area contributed by atoms with E-state index in [4.69, 9.17) is 0 Å². The lowest BCUT2D eigenvalue weighted by Gasteiger charge is -2.21. The van der Waals surface area contributed by atoms with Gasteiger partial charge in [0.15, 0.2) is 4.90 Å². The van der Waals surface area contributed by atoms with Crippen LogP contribution in [0.25, 0.3) is 11.1 Å². The molecule has 0 aliphatic carbocycles. The van der Waals surface area contributed by atoms with Crippen molar-refractivity contribution in [2.45, 2.75) is 48.9 Å². The second-order valence-corrected chi connectivity index (χ2v) is 10.4. The van der Waals surface area contributed by atoms with Crippen molar-refractivity contribution in [2.75, 3.05) is 0 Å². The summed E-state index contributed by atoms with van der Waals surface area (Å²) in [6, 6.07) is 15.6. The minimum absolute atomic E-state index is 0.190. The molecule has 1 unspecified atom stereocenters. The summed E-state index contributed by atoms with van der Waals surface area (Å²) in [7, 11) is -4.42. The third kappa shape index (κ3) is 4.92. The summed E-state index contributed by atoms with van der Waals surface area (Å²) >= 11 is 0. The molecule has 0 fully saturated rings. The maximum atomic E-state index is 13.7. The van der Waals surface area contributed by atoms with Crippen LogP contribution < -0.4 is 5.56 Å². The van der Waals surface area contributed by atoms with Crippen LogP contribution >= 0.6 is 0 Å². The van der Waals surface area contributed by atoms with Crippen LogP contribution in [0, 0.1) is 5.82 Å². The Labute approximate surface area is 208 Å². The molecule has 1 atom stereocenters. The van der Waals surface area contributed by atoms with Gasteiger partial charge in [-0.3, -0.25) is 14.3 Å². The zero-order valence-electron chi connectivity index (χ0n) is 19.9. The Bertz CT molecular complexity index is 1540. The second kappa shape index (κ2) is 10.4. The number of hydrogen-bond acceptors (Lipinski definition) is 6. The fraction of sp³-hybridized carbons (Fsp3) is 0.222. The number of unbranched alkanes of at least 4 members (excludes halogenated alkanes) is 1. The van der Waals surface area contributed by atoms with E-state index in [1.165, 1.54) is 41.1 Å². The van der Waals surface area contributed by atoms with Crippen LogP contribution in [0.3, 0.4) is 0 Å². The molecule has 4 aromatic rings. The molecule has 4 rings (SSSR count). The first-order valence-electron chi connectivity index (χ1n) is 11.6. The largest absolute Gasteiger partial charge is 0.492 e. The number of nitrogens with zero attached hydrogens (tertiary/aromatic N) is 3. The summed E-state index contributed by atoms with van der Waals surface area (Å²) in [4.78, 5) is 20.7. The number of pyridine rings is 1. The Hall–Kier alpha value is -3.85. The number of hydrogen-bond donors (Lipinski definition) is 1. The van der Waals surface area contributed by atoms with E-state index in [0.717, 1.165) is 24.6 Å². The number of rotatable bonds is 8. The third-order valence-corrected chi connectivity index (χ3v) is 7.81. The lowest BCUT2D eigenvalue weighted by Crippen LogP contribution is -2.32. The molecule has 0 saturated carbocycles. The minimum Gasteiger partial charge on any atom is -0.492 e. The van der Waals surface area contributed by atoms with Crippen LogP contribution in [-0.4, -0.2) is 28.1 Å². The lowest BCUT2D eigenvalue weighted by molar-refractivity contribution is 0.412. The van der Waals surface area contributed by atoms with Gasteiger partial charge in [0, 0.05) is 18.2 Å². The molecular weight excluding hydrogens is 481 g/mol. The molecule has 0 bridgehead atoms. The molecule has 9 heteroatoms. The summed E-state index contributed by atoms with van der Waals surface area (Å²) in [5.74, 6) is -1.01. The Kier molecular flexibility index (Phi) is 7.30. The average molecular weight is 508 g/mol. The predicted molar refractivity (Wildman–Crippen MR) is 134 cm³/mol. The highest BCUT2D eigenvalue weighted by Gasteiger charge is 2.31. The highest BCUT2D eigenvalue weighted by molar-refractivity contribution is 7.91. The van der Waals surface area contributed by atoms with Gasteiger partial charge in [0.2, 0.25) is 15.7 Å². The van der Waals surface area contributed by atoms with Crippen LogP contribution in [0.2, 0.25) is 0 Å². The number of halogens is 1. The van der Waals surface area contributed by atoms with Crippen molar-refractivity contribution in [3.05, 3.63) is 101 Å². The molecule has 186 valence electrons. The van der Waals surface area contributed by atoms with E-state index in [-0.39, 0.29) is 4.90 Å². The van der Waals surface area contributed by atoms with Gasteiger partial charge >= 0.3 is 0 Å². The first-order chi connectivity index (χ1) is 17.2. The fourth-order valence-electron chi connectivity index (χ4n) is 4.09. The number of sulfone groups is 1. The summed E-state index contributed by atoms with van der Waals surface area (Å²) in [5.41, 5.74) is 1.00. The topological polar surface area (TPSA) is 102 Å². The van der Waals surface area contributed by atoms with Gasteiger partial charge in [0.1, 0.15) is 11.6 Å². The summed E-state index contributed by atoms with van der Waals surface area (Å²) < 4.78 is 41.9. The number of aromatic hydroxyl groups is 1. The molecule has 0 spiro atoms. The van der Waals surface area contributed by atoms with Crippen molar-refractivity contribution in [2.24, 2.45) is 0 Å². The van der Waals surface area contributed by atoms with Crippen LogP contribution in [0.5, 0.6) is 5.88 Å². The fourth-order valence-corrected chi connectivity index (χ4v) is 5.43. The van der Waals surface area contributed by atoms with Crippen LogP contribution in [0.4, 0.5) is 4.39 Å². The van der Waals surface area contributed by atoms with Crippen LogP contribution in [0.1, 0.15) is 44.1 Å². The quantitative estimate of drug-likeness (QED) is 0.363. The SMILES string of the molecule is CCCCc1nc(O)c(S(=O)(=O)c2ccc(-c3cncc(F)c3)cc2)c(=O)n1C(C)c1ccccc1. The maximum Gasteiger partial charge on any atom is 0.277 e. The highest BCUT2D eigenvalue weighted by atomic mass is 32.2. The van der Waals surface area contributed by atoms with E-state index < -0.39 is 38.0 Å². The molecule has 36 heavy (non-hydrogen) atoms. The molecule has 2 heterocycles. The van der Waals surface area contributed by atoms with Gasteiger partial charge in [-0.1, -0.05) is 55.8 Å². The second-order valence-electron chi connectivity index (χ2n) is 8.47. The molecule has 0 saturated heterocycles. The third-order valence-electron chi connectivity index (χ3n) is 6.02. The molecular formula is C27H26FN3O4S. The van der Waals surface area contributed by atoms with Crippen LogP contribution in [-0.2, 0) is 16.3 Å². The first-order valence-corrected chi connectivity index (χ1v) is 13.1. The Morgan fingerprint density at radius 3 is 2.36 bits per heavy atom. The van der Waals surface area contributed by atoms with E-state index in [0.29, 0.717) is 23.4 Å². The minimum atomic E-state index is -4.42. The zero-order valence-corrected chi connectivity index (χ0v) is 20.7. The molecule has 2 aromatic carbocycles. The predicted octanol–water partition coefficient (Wildman–Crippen LogP) is 4.93. The molecule has 0 amide bonds. The van der Waals surface area contributed by atoms with Gasteiger partial charge in [-0.2, -0.15) is 4.98 Å². The van der Waals surface area contributed by atoms with Crippen molar-refractivity contribution in [3.8, 4) is 17.0 Å². The maximum absolute atomic E-state index is 13.7. The van der Waals surface area contributed by atoms with Crippen molar-refractivity contribution in [3.63, 3.8) is 0 Å². The van der Waals surface area contributed by atoms with Crippen LogP contribution in [0.15, 0.2) is 87.6 Å². The lowest BCUT2D eigenvalue weighted by atomic mass is 10.1. The number of aryl methyl sites for hydroxylation is 1. The van der Waals surface area contributed by atoms with Crippen molar-refractivity contribution < 1.29 is 17.9 Å². The van der Waals surface area contributed by atoms with E-state index in [1.54, 1.807) is 6.92 Å². The Balaban J connectivity index is 1.83. The zero-order chi connectivity index (χ0) is 25.9. The first kappa shape index (κ1) is 25.2. The van der Waals surface area contributed by atoms with Crippen molar-refractivity contribution >= 4 is 9.84 Å². The smallest absolute Gasteiger partial charge is 0.277 e. The molecule has 0 aliphatic rings. The van der Waals surface area contributed by atoms with Gasteiger partial charge in [0.05, 0.1) is 17.1 Å². The summed E-state index contributed by atoms with van der Waals surface area (Å²) in [6.45, 7) is 3.79. The molecule has 2 aromatic heterocycles. The van der Waals surface area contributed by atoms with E-state index in [9.17, 15) is 22.7 Å². The Morgan fingerprint density at radius 2 is 1.72 bits per heavy atom. The van der Waals surface area contributed by atoms with E-state index >= 15 is 0 Å². The molecule has 0 radical (unpaired) electrons. The van der Waals surface area contributed by atoms with Gasteiger partial charge in [-0.05, 0) is 42.7 Å². The van der Waals surface area contributed by atoms with Gasteiger partial charge in [0.25, 0.3) is 5.56 Å². The van der Waals surface area contributed by atoms with Gasteiger partial charge < -0.3 is 5.11 Å². The summed E-state index contributed by atoms with van der Waals surface area (Å²) in [5, 5.41) is 10.7. The molecule has 1 N–H and O–H groups in total. The molecule has 0 aliphatic heterocycles. The monoisotopic (exact) mass is 507 g/mol. The Morgan fingerprint density at radius 1 is 1.03 bits per heavy atom. The van der Waals surface area contributed by atoms with E-state index in [1.807, 2.05) is 37.3 Å². The highest BCUT2D eigenvalue weighted by Crippen LogP contribution is 2.29. The van der Waals surface area contributed by atoms with E-state index in [2.05, 4.69) is 9.97 Å². The normalized spacial score (nSPS) is 12.4. The summed E-state index contributed by atoms with van der Waals surface area (Å²) in [6.07, 6.45) is 4.50.